The zero-order chi connectivity index (χ0) is 17.4. The normalized spacial score (nSPS) is 11.3. The lowest BCUT2D eigenvalue weighted by atomic mass is 9.92. The van der Waals surface area contributed by atoms with Crippen LogP contribution in [0.1, 0.15) is 30.5 Å². The van der Waals surface area contributed by atoms with E-state index < -0.39 is 0 Å². The molecule has 0 aliphatic heterocycles. The Labute approximate surface area is 152 Å². The van der Waals surface area contributed by atoms with Crippen molar-refractivity contribution < 1.29 is 0 Å². The van der Waals surface area contributed by atoms with E-state index in [4.69, 9.17) is 4.37 Å². The van der Waals surface area contributed by atoms with Gasteiger partial charge in [-0.2, -0.15) is 4.37 Å². The minimum absolute atomic E-state index is 1.06. The van der Waals surface area contributed by atoms with Gasteiger partial charge in [-0.15, -0.1) is 0 Å². The SMILES string of the molecule is CCc1cc(-c2nscc2-c2ccc3[nH]ccc3c2)cc(C)c1CC. The average Bonchev–Trinajstić information content (AvgIpc) is 3.29. The number of aromatic amines is 1. The summed E-state index contributed by atoms with van der Waals surface area (Å²) in [7, 11) is 0. The largest absolute Gasteiger partial charge is 0.361 e. The van der Waals surface area contributed by atoms with Gasteiger partial charge in [0.15, 0.2) is 0 Å². The molecule has 3 heteroatoms. The van der Waals surface area contributed by atoms with Crippen molar-refractivity contribution in [3.8, 4) is 22.4 Å². The Morgan fingerprint density at radius 2 is 1.88 bits per heavy atom. The highest BCUT2D eigenvalue weighted by Gasteiger charge is 2.14. The molecular weight excluding hydrogens is 324 g/mol. The third-order valence-electron chi connectivity index (χ3n) is 5.01. The first-order valence-corrected chi connectivity index (χ1v) is 9.69. The van der Waals surface area contributed by atoms with Crippen LogP contribution in [0.5, 0.6) is 0 Å². The molecule has 4 aromatic rings. The maximum atomic E-state index is 4.74. The Balaban J connectivity index is 1.85. The van der Waals surface area contributed by atoms with Crippen LogP contribution in [0.3, 0.4) is 0 Å². The first-order valence-electron chi connectivity index (χ1n) is 8.86. The first kappa shape index (κ1) is 16.1. The number of benzene rings is 2. The number of hydrogen-bond donors (Lipinski definition) is 1. The van der Waals surface area contributed by atoms with Crippen molar-refractivity contribution in [3.05, 3.63) is 64.7 Å². The molecule has 1 N–H and O–H groups in total. The van der Waals surface area contributed by atoms with Gasteiger partial charge in [0, 0.05) is 28.2 Å². The smallest absolute Gasteiger partial charge is 0.0919 e. The molecule has 0 atom stereocenters. The molecule has 0 spiro atoms. The van der Waals surface area contributed by atoms with Crippen LogP contribution in [-0.2, 0) is 12.8 Å². The van der Waals surface area contributed by atoms with Crippen LogP contribution in [0.25, 0.3) is 33.3 Å². The number of rotatable bonds is 4. The van der Waals surface area contributed by atoms with Crippen LogP contribution in [0.2, 0.25) is 0 Å². The van der Waals surface area contributed by atoms with E-state index in [1.54, 1.807) is 0 Å². The van der Waals surface area contributed by atoms with Crippen molar-refractivity contribution in [3.63, 3.8) is 0 Å². The van der Waals surface area contributed by atoms with Gasteiger partial charge in [-0.1, -0.05) is 19.9 Å². The summed E-state index contributed by atoms with van der Waals surface area (Å²) >= 11 is 1.53. The lowest BCUT2D eigenvalue weighted by Gasteiger charge is -2.13. The van der Waals surface area contributed by atoms with Crippen LogP contribution < -0.4 is 0 Å². The van der Waals surface area contributed by atoms with Gasteiger partial charge in [0.1, 0.15) is 0 Å². The summed E-state index contributed by atoms with van der Waals surface area (Å²) in [5, 5.41) is 3.40. The fourth-order valence-corrected chi connectivity index (χ4v) is 4.43. The highest BCUT2D eigenvalue weighted by atomic mass is 32.1. The Hall–Kier alpha value is -2.39. The van der Waals surface area contributed by atoms with Crippen molar-refractivity contribution in [1.82, 2.24) is 9.36 Å². The van der Waals surface area contributed by atoms with Crippen LogP contribution in [0, 0.1) is 6.92 Å². The van der Waals surface area contributed by atoms with Crippen molar-refractivity contribution >= 4 is 22.4 Å². The molecule has 2 aromatic heterocycles. The summed E-state index contributed by atoms with van der Waals surface area (Å²) in [6, 6.07) is 13.3. The molecule has 0 fully saturated rings. The van der Waals surface area contributed by atoms with Gasteiger partial charge in [-0.3, -0.25) is 0 Å². The molecule has 0 aliphatic carbocycles. The van der Waals surface area contributed by atoms with Gasteiger partial charge in [-0.25, -0.2) is 0 Å². The molecule has 0 saturated carbocycles. The van der Waals surface area contributed by atoms with E-state index in [0.29, 0.717) is 0 Å². The van der Waals surface area contributed by atoms with Gasteiger partial charge in [0.25, 0.3) is 0 Å². The Morgan fingerprint density at radius 1 is 1.00 bits per heavy atom. The van der Waals surface area contributed by atoms with E-state index in [0.717, 1.165) is 18.5 Å². The quantitative estimate of drug-likeness (QED) is 0.455. The number of nitrogens with one attached hydrogen (secondary N) is 1. The standard InChI is InChI=1S/C22H22N2S/c1-4-15-11-18(10-14(3)19(15)5-2)22-20(13-25-24-22)16-6-7-21-17(12-16)8-9-23-21/h6-13,23H,4-5H2,1-3H3. The van der Waals surface area contributed by atoms with Gasteiger partial charge in [0.05, 0.1) is 5.69 Å². The minimum atomic E-state index is 1.06. The first-order chi connectivity index (χ1) is 12.2. The third-order valence-corrected chi connectivity index (χ3v) is 5.64. The third kappa shape index (κ3) is 2.79. The predicted octanol–water partition coefficient (Wildman–Crippen LogP) is 6.39. The van der Waals surface area contributed by atoms with E-state index >= 15 is 0 Å². The van der Waals surface area contributed by atoms with Crippen molar-refractivity contribution in [2.45, 2.75) is 33.6 Å². The van der Waals surface area contributed by atoms with E-state index in [2.05, 4.69) is 67.5 Å². The van der Waals surface area contributed by atoms with Crippen molar-refractivity contribution in [2.75, 3.05) is 0 Å². The lowest BCUT2D eigenvalue weighted by molar-refractivity contribution is 1.02. The van der Waals surface area contributed by atoms with Crippen LogP contribution in [-0.4, -0.2) is 9.36 Å². The molecule has 0 aliphatic rings. The Morgan fingerprint density at radius 3 is 2.68 bits per heavy atom. The molecule has 25 heavy (non-hydrogen) atoms. The monoisotopic (exact) mass is 346 g/mol. The summed E-state index contributed by atoms with van der Waals surface area (Å²) in [6.07, 6.45) is 4.14. The molecule has 2 nitrogen and oxygen atoms in total. The summed E-state index contributed by atoms with van der Waals surface area (Å²) in [6.45, 7) is 6.69. The second kappa shape index (κ2) is 6.49. The maximum absolute atomic E-state index is 4.74. The Kier molecular flexibility index (Phi) is 4.18. The molecule has 2 heterocycles. The lowest BCUT2D eigenvalue weighted by Crippen LogP contribution is -1.96. The number of aryl methyl sites for hydroxylation is 2. The van der Waals surface area contributed by atoms with Gasteiger partial charge >= 0.3 is 0 Å². The molecule has 0 bridgehead atoms. The van der Waals surface area contributed by atoms with Gasteiger partial charge in [0.2, 0.25) is 0 Å². The van der Waals surface area contributed by atoms with Crippen molar-refractivity contribution in [2.24, 2.45) is 0 Å². The molecule has 126 valence electrons. The van der Waals surface area contributed by atoms with Crippen molar-refractivity contribution in [1.29, 1.82) is 0 Å². The average molecular weight is 346 g/mol. The summed E-state index contributed by atoms with van der Waals surface area (Å²) in [5.41, 5.74) is 10.2. The molecule has 4 rings (SSSR count). The van der Waals surface area contributed by atoms with E-state index in [9.17, 15) is 0 Å². The molecule has 0 unspecified atom stereocenters. The summed E-state index contributed by atoms with van der Waals surface area (Å²) in [5.74, 6) is 0. The zero-order valence-corrected chi connectivity index (χ0v) is 15.7. The van der Waals surface area contributed by atoms with Crippen LogP contribution >= 0.6 is 11.5 Å². The molecular formula is C22H22N2S. The van der Waals surface area contributed by atoms with Gasteiger partial charge < -0.3 is 4.98 Å². The number of hydrogen-bond acceptors (Lipinski definition) is 2. The highest BCUT2D eigenvalue weighted by molar-refractivity contribution is 7.04. The molecule has 0 amide bonds. The zero-order valence-electron chi connectivity index (χ0n) is 14.9. The van der Waals surface area contributed by atoms with E-state index in [-0.39, 0.29) is 0 Å². The maximum Gasteiger partial charge on any atom is 0.0919 e. The summed E-state index contributed by atoms with van der Waals surface area (Å²) in [4.78, 5) is 3.26. The van der Waals surface area contributed by atoms with Crippen LogP contribution in [0.4, 0.5) is 0 Å². The number of nitrogens with zero attached hydrogens (tertiary/aromatic N) is 1. The predicted molar refractivity (Wildman–Crippen MR) is 108 cm³/mol. The van der Waals surface area contributed by atoms with Gasteiger partial charge in [-0.05, 0) is 89.3 Å². The number of fused-ring (bicyclic) bond motifs is 1. The molecule has 0 radical (unpaired) electrons. The highest BCUT2D eigenvalue weighted by Crippen LogP contribution is 2.36. The second-order valence-corrected chi connectivity index (χ2v) is 7.12. The van der Waals surface area contributed by atoms with Crippen LogP contribution in [0.15, 0.2) is 48.0 Å². The number of H-pyrrole nitrogens is 1. The minimum Gasteiger partial charge on any atom is -0.361 e. The molecule has 2 aromatic carbocycles. The van der Waals surface area contributed by atoms with E-state index in [1.807, 2.05) is 6.20 Å². The topological polar surface area (TPSA) is 28.7 Å². The summed E-state index contributed by atoms with van der Waals surface area (Å²) < 4.78 is 4.74. The molecule has 0 saturated heterocycles. The number of aromatic nitrogens is 2. The second-order valence-electron chi connectivity index (χ2n) is 6.49. The fourth-order valence-electron chi connectivity index (χ4n) is 3.72. The Bertz CT molecular complexity index is 1040. The van der Waals surface area contributed by atoms with E-state index in [1.165, 1.54) is 55.8 Å². The fraction of sp³-hybridized carbons (Fsp3) is 0.227.